The molecular weight excluding hydrogens is 292 g/mol. The van der Waals surface area contributed by atoms with E-state index >= 15 is 0 Å². The lowest BCUT2D eigenvalue weighted by Gasteiger charge is -2.09. The summed E-state index contributed by atoms with van der Waals surface area (Å²) in [5.41, 5.74) is 6.24. The molecule has 0 unspecified atom stereocenters. The molecule has 0 radical (unpaired) electrons. The fourth-order valence-electron chi connectivity index (χ4n) is 1.47. The Bertz CT molecular complexity index is 726. The zero-order valence-corrected chi connectivity index (χ0v) is 11.7. The number of anilines is 2. The maximum absolute atomic E-state index is 12.2. The molecule has 0 aliphatic heterocycles. The standard InChI is InChI=1S/C10H11ClN4O3S/c1-5-3-7(11)8(12)4-9(5)19(16,17)15-10-13-6(2)14-18-10/h3-4H,12H2,1-2H3,(H,13,14,15). The first kappa shape index (κ1) is 13.6. The molecule has 0 saturated heterocycles. The molecule has 1 aromatic carbocycles. The number of aryl methyl sites for hydroxylation is 2. The van der Waals surface area contributed by atoms with E-state index in [1.807, 2.05) is 0 Å². The van der Waals surface area contributed by atoms with Gasteiger partial charge < -0.3 is 10.3 Å². The fourth-order valence-corrected chi connectivity index (χ4v) is 2.87. The molecular formula is C10H11ClN4O3S. The van der Waals surface area contributed by atoms with Crippen LogP contribution in [0, 0.1) is 13.8 Å². The lowest BCUT2D eigenvalue weighted by atomic mass is 10.2. The van der Waals surface area contributed by atoms with Crippen LogP contribution in [-0.2, 0) is 10.0 Å². The van der Waals surface area contributed by atoms with Gasteiger partial charge in [-0.05, 0) is 31.5 Å². The molecule has 2 aromatic rings. The van der Waals surface area contributed by atoms with Crippen LogP contribution >= 0.6 is 11.6 Å². The average molecular weight is 303 g/mol. The van der Waals surface area contributed by atoms with E-state index in [2.05, 4.69) is 14.9 Å². The van der Waals surface area contributed by atoms with Crippen molar-refractivity contribution in [1.29, 1.82) is 0 Å². The minimum Gasteiger partial charge on any atom is -0.397 e. The molecule has 0 aliphatic carbocycles. The van der Waals surface area contributed by atoms with Gasteiger partial charge in [-0.25, -0.2) is 13.1 Å². The number of rotatable bonds is 3. The molecule has 3 N–H and O–H groups in total. The third kappa shape index (κ3) is 2.79. The Balaban J connectivity index is 2.42. The van der Waals surface area contributed by atoms with Crippen LogP contribution in [0.4, 0.5) is 11.7 Å². The van der Waals surface area contributed by atoms with Gasteiger partial charge in [0.2, 0.25) is 0 Å². The van der Waals surface area contributed by atoms with Gasteiger partial charge in [0, 0.05) is 0 Å². The van der Waals surface area contributed by atoms with Crippen molar-refractivity contribution in [3.8, 4) is 0 Å². The minimum atomic E-state index is -3.85. The molecule has 0 aliphatic rings. The van der Waals surface area contributed by atoms with Crippen LogP contribution in [0.5, 0.6) is 0 Å². The first-order chi connectivity index (χ1) is 8.79. The number of nitrogens with two attached hydrogens (primary N) is 1. The van der Waals surface area contributed by atoms with Crippen LogP contribution in [0.2, 0.25) is 5.02 Å². The van der Waals surface area contributed by atoms with E-state index < -0.39 is 10.0 Å². The van der Waals surface area contributed by atoms with E-state index in [1.54, 1.807) is 13.8 Å². The number of nitrogen functional groups attached to an aromatic ring is 1. The van der Waals surface area contributed by atoms with Crippen molar-refractivity contribution < 1.29 is 12.9 Å². The fraction of sp³-hybridized carbons (Fsp3) is 0.200. The number of halogens is 1. The summed E-state index contributed by atoms with van der Waals surface area (Å²) in [5, 5.41) is 3.79. The third-order valence-electron chi connectivity index (χ3n) is 2.33. The van der Waals surface area contributed by atoms with Gasteiger partial charge in [-0.1, -0.05) is 16.8 Å². The predicted molar refractivity (Wildman–Crippen MR) is 70.4 cm³/mol. The highest BCUT2D eigenvalue weighted by atomic mass is 35.5. The highest BCUT2D eigenvalue weighted by Crippen LogP contribution is 2.27. The summed E-state index contributed by atoms with van der Waals surface area (Å²) in [4.78, 5) is 3.77. The Morgan fingerprint density at radius 3 is 2.63 bits per heavy atom. The van der Waals surface area contributed by atoms with Gasteiger partial charge in [0.25, 0.3) is 10.0 Å². The Hall–Kier alpha value is -1.80. The number of nitrogens with one attached hydrogen (secondary N) is 1. The van der Waals surface area contributed by atoms with E-state index in [9.17, 15) is 8.42 Å². The van der Waals surface area contributed by atoms with Crippen molar-refractivity contribution in [3.05, 3.63) is 28.5 Å². The largest absolute Gasteiger partial charge is 0.397 e. The van der Waals surface area contributed by atoms with Crippen LogP contribution in [-0.4, -0.2) is 18.6 Å². The normalized spacial score (nSPS) is 11.5. The van der Waals surface area contributed by atoms with E-state index in [1.165, 1.54) is 12.1 Å². The summed E-state index contributed by atoms with van der Waals surface area (Å²) in [6.45, 7) is 3.19. The average Bonchev–Trinajstić information content (AvgIpc) is 2.68. The zero-order valence-electron chi connectivity index (χ0n) is 10.1. The molecule has 1 aromatic heterocycles. The van der Waals surface area contributed by atoms with Crippen LogP contribution in [0.3, 0.4) is 0 Å². The number of sulfonamides is 1. The first-order valence-corrected chi connectivity index (χ1v) is 7.04. The summed E-state index contributed by atoms with van der Waals surface area (Å²) < 4.78 is 31.2. The Morgan fingerprint density at radius 1 is 1.37 bits per heavy atom. The number of nitrogens with zero attached hydrogens (tertiary/aromatic N) is 2. The van der Waals surface area contributed by atoms with Crippen molar-refractivity contribution in [3.63, 3.8) is 0 Å². The van der Waals surface area contributed by atoms with E-state index in [4.69, 9.17) is 21.9 Å². The van der Waals surface area contributed by atoms with E-state index in [0.717, 1.165) is 0 Å². The van der Waals surface area contributed by atoms with Crippen molar-refractivity contribution in [1.82, 2.24) is 10.1 Å². The topological polar surface area (TPSA) is 111 Å². The van der Waals surface area contributed by atoms with Gasteiger partial charge in [0.15, 0.2) is 5.82 Å². The van der Waals surface area contributed by atoms with Crippen LogP contribution in [0.15, 0.2) is 21.6 Å². The van der Waals surface area contributed by atoms with Crippen molar-refractivity contribution in [2.45, 2.75) is 18.7 Å². The minimum absolute atomic E-state index is 0.00486. The lowest BCUT2D eigenvalue weighted by molar-refractivity contribution is 0.429. The van der Waals surface area contributed by atoms with E-state index in [0.29, 0.717) is 16.4 Å². The van der Waals surface area contributed by atoms with Crippen molar-refractivity contribution in [2.24, 2.45) is 0 Å². The molecule has 0 saturated carbocycles. The first-order valence-electron chi connectivity index (χ1n) is 5.18. The molecule has 19 heavy (non-hydrogen) atoms. The molecule has 0 spiro atoms. The summed E-state index contributed by atoms with van der Waals surface area (Å²) in [7, 11) is -3.85. The van der Waals surface area contributed by atoms with Gasteiger partial charge >= 0.3 is 6.01 Å². The molecule has 0 bridgehead atoms. The maximum Gasteiger partial charge on any atom is 0.335 e. The number of aromatic nitrogens is 2. The number of hydrogen-bond acceptors (Lipinski definition) is 6. The molecule has 9 heteroatoms. The molecule has 0 atom stereocenters. The second-order valence-corrected chi connectivity index (χ2v) is 5.95. The molecule has 0 fully saturated rings. The van der Waals surface area contributed by atoms with Crippen LogP contribution in [0.1, 0.15) is 11.4 Å². The summed E-state index contributed by atoms with van der Waals surface area (Å²) in [6, 6.07) is 2.55. The second kappa shape index (κ2) is 4.71. The Morgan fingerprint density at radius 2 is 2.05 bits per heavy atom. The van der Waals surface area contributed by atoms with Gasteiger partial charge in [0.1, 0.15) is 0 Å². The zero-order chi connectivity index (χ0) is 14.2. The maximum atomic E-state index is 12.2. The third-order valence-corrected chi connectivity index (χ3v) is 4.12. The van der Waals surface area contributed by atoms with E-state index in [-0.39, 0.29) is 16.6 Å². The molecule has 2 rings (SSSR count). The smallest absolute Gasteiger partial charge is 0.335 e. The summed E-state index contributed by atoms with van der Waals surface area (Å²) >= 11 is 5.82. The highest BCUT2D eigenvalue weighted by Gasteiger charge is 2.21. The Kier molecular flexibility index (Phi) is 3.38. The quantitative estimate of drug-likeness (QED) is 0.835. The molecule has 1 heterocycles. The number of benzene rings is 1. The van der Waals surface area contributed by atoms with Crippen molar-refractivity contribution in [2.75, 3.05) is 10.5 Å². The van der Waals surface area contributed by atoms with Crippen LogP contribution in [0.25, 0.3) is 0 Å². The SMILES string of the molecule is Cc1noc(NS(=O)(=O)c2cc(N)c(Cl)cc2C)n1. The Labute approximate surface area is 114 Å². The summed E-state index contributed by atoms with van der Waals surface area (Å²) in [6.07, 6.45) is 0. The monoisotopic (exact) mass is 302 g/mol. The molecule has 102 valence electrons. The predicted octanol–water partition coefficient (Wildman–Crippen LogP) is 1.72. The van der Waals surface area contributed by atoms with Crippen LogP contribution < -0.4 is 10.5 Å². The molecule has 0 amide bonds. The van der Waals surface area contributed by atoms with Gasteiger partial charge in [-0.2, -0.15) is 4.98 Å². The van der Waals surface area contributed by atoms with Gasteiger partial charge in [0.05, 0.1) is 15.6 Å². The highest BCUT2D eigenvalue weighted by molar-refractivity contribution is 7.92. The molecule has 7 nitrogen and oxygen atoms in total. The second-order valence-electron chi connectivity index (χ2n) is 3.89. The number of hydrogen-bond donors (Lipinski definition) is 2. The lowest BCUT2D eigenvalue weighted by Crippen LogP contribution is -2.15. The summed E-state index contributed by atoms with van der Waals surface area (Å²) in [5.74, 6) is 0.324. The van der Waals surface area contributed by atoms with Gasteiger partial charge in [-0.3, -0.25) is 0 Å². The van der Waals surface area contributed by atoms with Crippen molar-refractivity contribution >= 4 is 33.3 Å². The van der Waals surface area contributed by atoms with Gasteiger partial charge in [-0.15, -0.1) is 0 Å².